The van der Waals surface area contributed by atoms with Gasteiger partial charge in [0.05, 0.1) is 18.4 Å². The molecule has 0 bridgehead atoms. The minimum atomic E-state index is -0.0706. The normalized spacial score (nSPS) is 17.3. The molecule has 1 aliphatic heterocycles. The van der Waals surface area contributed by atoms with Gasteiger partial charge in [0, 0.05) is 34.4 Å². The largest absolute Gasteiger partial charge is 0.326 e. The molecule has 27 heavy (non-hydrogen) atoms. The van der Waals surface area contributed by atoms with E-state index in [2.05, 4.69) is 16.3 Å². The lowest BCUT2D eigenvalue weighted by Gasteiger charge is -2.32. The Kier molecular flexibility index (Phi) is 6.73. The Labute approximate surface area is 169 Å². The first-order chi connectivity index (χ1) is 13.1. The van der Waals surface area contributed by atoms with E-state index in [1.165, 1.54) is 0 Å². The summed E-state index contributed by atoms with van der Waals surface area (Å²) >= 11 is 12.6. The highest BCUT2D eigenvalue weighted by Crippen LogP contribution is 2.28. The molecule has 6 heteroatoms. The Morgan fingerprint density at radius 2 is 1.89 bits per heavy atom. The second kappa shape index (κ2) is 9.23. The van der Waals surface area contributed by atoms with Gasteiger partial charge in [-0.1, -0.05) is 41.4 Å². The van der Waals surface area contributed by atoms with E-state index in [4.69, 9.17) is 28.5 Å². The molecular formula is C21H21Cl2N3O. The van der Waals surface area contributed by atoms with Gasteiger partial charge in [0.15, 0.2) is 0 Å². The molecule has 1 atom stereocenters. The standard InChI is InChI=1S/C21H21Cl2N3O/c22-19-4-1-5-20(23)18(19)14-26-12-2-3-16(13-26)21(27)25-17-8-6-15(7-9-17)10-11-24/h1,4-9,16H,2-3,10,12-14H2,(H,25,27). The lowest BCUT2D eigenvalue weighted by molar-refractivity contribution is -0.121. The fourth-order valence-corrected chi connectivity index (χ4v) is 3.88. The Morgan fingerprint density at radius 3 is 2.56 bits per heavy atom. The van der Waals surface area contributed by atoms with Gasteiger partial charge in [-0.3, -0.25) is 9.69 Å². The number of halogens is 2. The predicted octanol–water partition coefficient (Wildman–Crippen LogP) is 4.91. The van der Waals surface area contributed by atoms with Gasteiger partial charge in [-0.15, -0.1) is 0 Å². The smallest absolute Gasteiger partial charge is 0.228 e. The zero-order valence-electron chi connectivity index (χ0n) is 14.9. The van der Waals surface area contributed by atoms with E-state index in [0.29, 0.717) is 29.6 Å². The number of hydrogen-bond donors (Lipinski definition) is 1. The van der Waals surface area contributed by atoms with Crippen LogP contribution in [0.15, 0.2) is 42.5 Å². The molecule has 1 saturated heterocycles. The summed E-state index contributed by atoms with van der Waals surface area (Å²) in [4.78, 5) is 14.9. The van der Waals surface area contributed by atoms with E-state index in [9.17, 15) is 4.79 Å². The van der Waals surface area contributed by atoms with Crippen molar-refractivity contribution in [3.8, 4) is 6.07 Å². The highest BCUT2D eigenvalue weighted by molar-refractivity contribution is 6.35. The summed E-state index contributed by atoms with van der Waals surface area (Å²) in [5.41, 5.74) is 2.61. The lowest BCUT2D eigenvalue weighted by Crippen LogP contribution is -2.40. The van der Waals surface area contributed by atoms with Crippen LogP contribution in [0.3, 0.4) is 0 Å². The molecule has 4 nitrogen and oxygen atoms in total. The number of hydrogen-bond acceptors (Lipinski definition) is 3. The molecule has 0 spiro atoms. The average molecular weight is 402 g/mol. The molecule has 0 aromatic heterocycles. The molecule has 140 valence electrons. The molecule has 1 aliphatic rings. The number of benzene rings is 2. The van der Waals surface area contributed by atoms with Crippen molar-refractivity contribution in [2.24, 2.45) is 5.92 Å². The van der Waals surface area contributed by atoms with Gasteiger partial charge in [0.25, 0.3) is 0 Å². The summed E-state index contributed by atoms with van der Waals surface area (Å²) in [5.74, 6) is -0.0446. The Morgan fingerprint density at radius 1 is 1.19 bits per heavy atom. The molecule has 1 N–H and O–H groups in total. The Bertz CT molecular complexity index is 825. The van der Waals surface area contributed by atoms with Gasteiger partial charge in [0.1, 0.15) is 0 Å². The zero-order valence-corrected chi connectivity index (χ0v) is 16.4. The third kappa shape index (κ3) is 5.23. The molecule has 2 aromatic rings. The topological polar surface area (TPSA) is 56.1 Å². The summed E-state index contributed by atoms with van der Waals surface area (Å²) < 4.78 is 0. The molecular weight excluding hydrogens is 381 g/mol. The average Bonchev–Trinajstić information content (AvgIpc) is 2.67. The van der Waals surface area contributed by atoms with Gasteiger partial charge < -0.3 is 5.32 Å². The number of carbonyl (C=O) groups excluding carboxylic acids is 1. The summed E-state index contributed by atoms with van der Waals surface area (Å²) in [6, 6.07) is 15.0. The van der Waals surface area contributed by atoms with Crippen molar-refractivity contribution in [3.63, 3.8) is 0 Å². The van der Waals surface area contributed by atoms with Crippen molar-refractivity contribution in [1.82, 2.24) is 4.90 Å². The van der Waals surface area contributed by atoms with E-state index in [1.807, 2.05) is 42.5 Å². The quantitative estimate of drug-likeness (QED) is 0.773. The van der Waals surface area contributed by atoms with E-state index >= 15 is 0 Å². The van der Waals surface area contributed by atoms with Crippen molar-refractivity contribution >= 4 is 34.8 Å². The number of anilines is 1. The molecule has 0 radical (unpaired) electrons. The lowest BCUT2D eigenvalue weighted by atomic mass is 9.96. The van der Waals surface area contributed by atoms with Crippen LogP contribution < -0.4 is 5.32 Å². The molecule has 1 amide bonds. The number of amides is 1. The molecule has 2 aromatic carbocycles. The van der Waals surface area contributed by atoms with Crippen LogP contribution in [0.4, 0.5) is 5.69 Å². The maximum atomic E-state index is 12.7. The molecule has 0 aliphatic carbocycles. The molecule has 0 saturated carbocycles. The van der Waals surface area contributed by atoms with E-state index in [-0.39, 0.29) is 11.8 Å². The summed E-state index contributed by atoms with van der Waals surface area (Å²) in [7, 11) is 0. The number of nitrogens with zero attached hydrogens (tertiary/aromatic N) is 2. The maximum Gasteiger partial charge on any atom is 0.228 e. The van der Waals surface area contributed by atoms with Crippen molar-refractivity contribution in [3.05, 3.63) is 63.6 Å². The van der Waals surface area contributed by atoms with Gasteiger partial charge in [0.2, 0.25) is 5.91 Å². The first-order valence-corrected chi connectivity index (χ1v) is 9.74. The van der Waals surface area contributed by atoms with Crippen molar-refractivity contribution in [2.75, 3.05) is 18.4 Å². The number of carbonyl (C=O) groups is 1. The first kappa shape index (κ1) is 19.7. The van der Waals surface area contributed by atoms with Crippen LogP contribution in [0.5, 0.6) is 0 Å². The van der Waals surface area contributed by atoms with Gasteiger partial charge in [-0.05, 0) is 49.2 Å². The fraction of sp³-hybridized carbons (Fsp3) is 0.333. The van der Waals surface area contributed by atoms with Crippen molar-refractivity contribution in [1.29, 1.82) is 5.26 Å². The second-order valence-electron chi connectivity index (χ2n) is 6.80. The minimum absolute atomic E-state index is 0.0259. The van der Waals surface area contributed by atoms with Crippen molar-refractivity contribution < 1.29 is 4.79 Å². The SMILES string of the molecule is N#CCc1ccc(NC(=O)C2CCCN(Cc3c(Cl)cccc3Cl)C2)cc1. The Hall–Kier alpha value is -2.06. The van der Waals surface area contributed by atoms with Crippen LogP contribution in [-0.2, 0) is 17.8 Å². The summed E-state index contributed by atoms with van der Waals surface area (Å²) in [6.45, 7) is 2.25. The minimum Gasteiger partial charge on any atom is -0.326 e. The van der Waals surface area contributed by atoms with Gasteiger partial charge >= 0.3 is 0 Å². The second-order valence-corrected chi connectivity index (χ2v) is 7.61. The van der Waals surface area contributed by atoms with Gasteiger partial charge in [-0.25, -0.2) is 0 Å². The van der Waals surface area contributed by atoms with Crippen LogP contribution in [0.1, 0.15) is 24.0 Å². The zero-order chi connectivity index (χ0) is 19.2. The van der Waals surface area contributed by atoms with Crippen LogP contribution in [-0.4, -0.2) is 23.9 Å². The molecule has 1 unspecified atom stereocenters. The van der Waals surface area contributed by atoms with Crippen LogP contribution in [0.2, 0.25) is 10.0 Å². The highest BCUT2D eigenvalue weighted by atomic mass is 35.5. The fourth-order valence-electron chi connectivity index (χ4n) is 3.36. The van der Waals surface area contributed by atoms with E-state index in [0.717, 1.165) is 36.2 Å². The third-order valence-corrected chi connectivity index (χ3v) is 5.53. The van der Waals surface area contributed by atoms with Crippen molar-refractivity contribution in [2.45, 2.75) is 25.8 Å². The molecule has 1 heterocycles. The van der Waals surface area contributed by atoms with E-state index < -0.39 is 0 Å². The number of nitriles is 1. The number of nitrogens with one attached hydrogen (secondary N) is 1. The Balaban J connectivity index is 1.60. The van der Waals surface area contributed by atoms with Gasteiger partial charge in [-0.2, -0.15) is 5.26 Å². The first-order valence-electron chi connectivity index (χ1n) is 8.99. The molecule has 3 rings (SSSR count). The summed E-state index contributed by atoms with van der Waals surface area (Å²) in [5, 5.41) is 13.0. The monoisotopic (exact) mass is 401 g/mol. The highest BCUT2D eigenvalue weighted by Gasteiger charge is 2.26. The summed E-state index contributed by atoms with van der Waals surface area (Å²) in [6.07, 6.45) is 2.20. The maximum absolute atomic E-state index is 12.7. The number of rotatable bonds is 5. The number of likely N-dealkylation sites (tertiary alicyclic amines) is 1. The molecule has 1 fully saturated rings. The van der Waals surface area contributed by atoms with Crippen LogP contribution in [0, 0.1) is 17.2 Å². The number of piperidine rings is 1. The predicted molar refractivity (Wildman–Crippen MR) is 109 cm³/mol. The van der Waals surface area contributed by atoms with Crippen LogP contribution in [0.25, 0.3) is 0 Å². The van der Waals surface area contributed by atoms with E-state index in [1.54, 1.807) is 0 Å². The van der Waals surface area contributed by atoms with Crippen LogP contribution >= 0.6 is 23.2 Å². The third-order valence-electron chi connectivity index (χ3n) is 4.82.